The Bertz CT molecular complexity index is 499. The van der Waals surface area contributed by atoms with E-state index in [1.807, 2.05) is 12.3 Å². The van der Waals surface area contributed by atoms with Gasteiger partial charge in [-0.3, -0.25) is 0 Å². The summed E-state index contributed by atoms with van der Waals surface area (Å²) in [6.07, 6.45) is 4.57. The van der Waals surface area contributed by atoms with Gasteiger partial charge in [0.25, 0.3) is 0 Å². The van der Waals surface area contributed by atoms with Crippen LogP contribution in [0.3, 0.4) is 0 Å². The zero-order chi connectivity index (χ0) is 12.4. The molecule has 0 bridgehead atoms. The van der Waals surface area contributed by atoms with Crippen LogP contribution in [0.25, 0.3) is 0 Å². The fourth-order valence-corrected chi connectivity index (χ4v) is 2.35. The molecule has 1 aliphatic rings. The van der Waals surface area contributed by atoms with Gasteiger partial charge in [-0.25, -0.2) is 4.68 Å². The zero-order valence-electron chi connectivity index (χ0n) is 10.7. The van der Waals surface area contributed by atoms with Crippen LogP contribution < -0.4 is 5.32 Å². The van der Waals surface area contributed by atoms with Crippen LogP contribution in [-0.4, -0.2) is 9.78 Å². The van der Waals surface area contributed by atoms with E-state index in [9.17, 15) is 0 Å². The van der Waals surface area contributed by atoms with Crippen LogP contribution in [0.2, 0.25) is 0 Å². The van der Waals surface area contributed by atoms with Crippen LogP contribution in [-0.2, 0) is 6.54 Å². The summed E-state index contributed by atoms with van der Waals surface area (Å²) < 4.78 is 2.13. The number of anilines is 1. The molecule has 3 heteroatoms. The van der Waals surface area contributed by atoms with Gasteiger partial charge in [0, 0.05) is 12.6 Å². The maximum absolute atomic E-state index is 4.44. The molecule has 1 N–H and O–H groups in total. The molecule has 0 spiro atoms. The Morgan fingerprint density at radius 2 is 2.06 bits per heavy atom. The van der Waals surface area contributed by atoms with Crippen LogP contribution in [0.15, 0.2) is 42.6 Å². The van der Waals surface area contributed by atoms with Crippen molar-refractivity contribution in [3.63, 3.8) is 0 Å². The van der Waals surface area contributed by atoms with Crippen molar-refractivity contribution in [1.29, 1.82) is 0 Å². The molecule has 1 heterocycles. The molecule has 1 atom stereocenters. The van der Waals surface area contributed by atoms with E-state index in [2.05, 4.69) is 52.4 Å². The maximum Gasteiger partial charge on any atom is 0.124 e. The molecular formula is C15H19N3. The van der Waals surface area contributed by atoms with Gasteiger partial charge in [0.1, 0.15) is 5.82 Å². The molecule has 2 aromatic rings. The third-order valence-corrected chi connectivity index (χ3v) is 3.68. The van der Waals surface area contributed by atoms with E-state index in [-0.39, 0.29) is 0 Å². The number of nitrogens with one attached hydrogen (secondary N) is 1. The summed E-state index contributed by atoms with van der Waals surface area (Å²) in [6.45, 7) is 3.11. The van der Waals surface area contributed by atoms with Crippen molar-refractivity contribution in [2.75, 3.05) is 5.32 Å². The number of hydrogen-bond donors (Lipinski definition) is 1. The second-order valence-electron chi connectivity index (χ2n) is 5.08. The summed E-state index contributed by atoms with van der Waals surface area (Å²) in [6, 6.07) is 13.0. The van der Waals surface area contributed by atoms with Crippen LogP contribution in [0.5, 0.6) is 0 Å². The van der Waals surface area contributed by atoms with Gasteiger partial charge in [-0.2, -0.15) is 5.10 Å². The average molecular weight is 241 g/mol. The molecule has 1 fully saturated rings. The van der Waals surface area contributed by atoms with Gasteiger partial charge < -0.3 is 5.32 Å². The lowest BCUT2D eigenvalue weighted by molar-refractivity contribution is 0.444. The summed E-state index contributed by atoms with van der Waals surface area (Å²) in [4.78, 5) is 0. The van der Waals surface area contributed by atoms with Crippen molar-refractivity contribution >= 4 is 5.82 Å². The Balaban J connectivity index is 1.67. The van der Waals surface area contributed by atoms with Gasteiger partial charge in [0.15, 0.2) is 0 Å². The number of nitrogens with zero attached hydrogens (tertiary/aromatic N) is 2. The minimum Gasteiger partial charge on any atom is -0.366 e. The molecule has 1 aromatic heterocycles. The predicted molar refractivity (Wildman–Crippen MR) is 73.4 cm³/mol. The van der Waals surface area contributed by atoms with Crippen LogP contribution in [0, 0.1) is 5.92 Å². The molecule has 94 valence electrons. The van der Waals surface area contributed by atoms with E-state index in [0.29, 0.717) is 6.04 Å². The average Bonchev–Trinajstić information content (AvgIpc) is 3.15. The highest BCUT2D eigenvalue weighted by Gasteiger charge is 2.30. The molecule has 18 heavy (non-hydrogen) atoms. The minimum atomic E-state index is 0.512. The summed E-state index contributed by atoms with van der Waals surface area (Å²) in [5.74, 6) is 1.94. The topological polar surface area (TPSA) is 29.9 Å². The van der Waals surface area contributed by atoms with Gasteiger partial charge >= 0.3 is 0 Å². The van der Waals surface area contributed by atoms with E-state index in [0.717, 1.165) is 18.3 Å². The molecule has 0 radical (unpaired) electrons. The Morgan fingerprint density at radius 3 is 2.78 bits per heavy atom. The Hall–Kier alpha value is -1.77. The third kappa shape index (κ3) is 2.40. The normalized spacial score (nSPS) is 16.5. The molecule has 3 nitrogen and oxygen atoms in total. The lowest BCUT2D eigenvalue weighted by Gasteiger charge is -2.16. The Labute approximate surface area is 108 Å². The number of rotatable bonds is 5. The minimum absolute atomic E-state index is 0.512. The first-order valence-electron chi connectivity index (χ1n) is 6.66. The van der Waals surface area contributed by atoms with Crippen molar-refractivity contribution in [2.24, 2.45) is 5.92 Å². The fraction of sp³-hybridized carbons (Fsp3) is 0.400. The molecule has 1 unspecified atom stereocenters. The van der Waals surface area contributed by atoms with Crippen LogP contribution in [0.1, 0.15) is 31.4 Å². The molecule has 1 aromatic carbocycles. The highest BCUT2D eigenvalue weighted by Crippen LogP contribution is 2.40. The summed E-state index contributed by atoms with van der Waals surface area (Å²) >= 11 is 0. The second kappa shape index (κ2) is 4.84. The second-order valence-corrected chi connectivity index (χ2v) is 5.08. The lowest BCUT2D eigenvalue weighted by Crippen LogP contribution is -2.13. The van der Waals surface area contributed by atoms with Gasteiger partial charge in [-0.15, -0.1) is 0 Å². The highest BCUT2D eigenvalue weighted by atomic mass is 15.3. The van der Waals surface area contributed by atoms with E-state index in [1.165, 1.54) is 18.4 Å². The first-order valence-corrected chi connectivity index (χ1v) is 6.66. The summed E-state index contributed by atoms with van der Waals surface area (Å²) in [5.41, 5.74) is 1.30. The van der Waals surface area contributed by atoms with Gasteiger partial charge in [-0.05, 0) is 31.2 Å². The van der Waals surface area contributed by atoms with Crippen LogP contribution >= 0.6 is 0 Å². The Morgan fingerprint density at radius 1 is 1.28 bits per heavy atom. The van der Waals surface area contributed by atoms with E-state index >= 15 is 0 Å². The van der Waals surface area contributed by atoms with Gasteiger partial charge in [0.2, 0.25) is 0 Å². The van der Waals surface area contributed by atoms with Gasteiger partial charge in [-0.1, -0.05) is 30.3 Å². The predicted octanol–water partition coefficient (Wildman–Crippen LogP) is 3.47. The Kier molecular flexibility index (Phi) is 3.05. The lowest BCUT2D eigenvalue weighted by atomic mass is 10.2. The summed E-state index contributed by atoms with van der Waals surface area (Å²) in [7, 11) is 0. The molecule has 0 saturated heterocycles. The molecule has 3 rings (SSSR count). The first-order chi connectivity index (χ1) is 8.84. The smallest absolute Gasteiger partial charge is 0.124 e. The zero-order valence-corrected chi connectivity index (χ0v) is 10.7. The van der Waals surface area contributed by atoms with Crippen molar-refractivity contribution in [3.05, 3.63) is 48.2 Å². The summed E-state index contributed by atoms with van der Waals surface area (Å²) in [5, 5.41) is 7.92. The number of hydrogen-bond acceptors (Lipinski definition) is 2. The first kappa shape index (κ1) is 11.3. The number of benzene rings is 1. The maximum atomic E-state index is 4.44. The van der Waals surface area contributed by atoms with E-state index < -0.39 is 0 Å². The van der Waals surface area contributed by atoms with Crippen molar-refractivity contribution in [1.82, 2.24) is 9.78 Å². The molecule has 0 aliphatic heterocycles. The van der Waals surface area contributed by atoms with Crippen molar-refractivity contribution < 1.29 is 0 Å². The molecular weight excluding hydrogens is 222 g/mol. The molecule has 1 saturated carbocycles. The van der Waals surface area contributed by atoms with Crippen LogP contribution in [0.4, 0.5) is 5.82 Å². The fourth-order valence-electron chi connectivity index (χ4n) is 2.35. The monoisotopic (exact) mass is 241 g/mol. The number of aromatic nitrogens is 2. The van der Waals surface area contributed by atoms with E-state index in [1.54, 1.807) is 0 Å². The molecule has 1 aliphatic carbocycles. The third-order valence-electron chi connectivity index (χ3n) is 3.68. The largest absolute Gasteiger partial charge is 0.366 e. The molecule has 0 amide bonds. The van der Waals surface area contributed by atoms with Crippen molar-refractivity contribution in [3.8, 4) is 0 Å². The van der Waals surface area contributed by atoms with E-state index in [4.69, 9.17) is 0 Å². The SMILES string of the molecule is CC(C1CC1)n1nccc1NCc1ccccc1. The quantitative estimate of drug-likeness (QED) is 0.868. The van der Waals surface area contributed by atoms with Crippen molar-refractivity contribution in [2.45, 2.75) is 32.4 Å². The standard InChI is InChI=1S/C15H19N3/c1-12(14-7-8-14)18-15(9-10-17-18)16-11-13-5-3-2-4-6-13/h2-6,9-10,12,14,16H,7-8,11H2,1H3. The highest BCUT2D eigenvalue weighted by molar-refractivity contribution is 5.36. The van der Waals surface area contributed by atoms with Gasteiger partial charge in [0.05, 0.1) is 12.2 Å².